The highest BCUT2D eigenvalue weighted by Crippen LogP contribution is 2.32. The summed E-state index contributed by atoms with van der Waals surface area (Å²) in [6, 6.07) is 5.25. The predicted octanol–water partition coefficient (Wildman–Crippen LogP) is 4.93. The van der Waals surface area contributed by atoms with Crippen molar-refractivity contribution in [2.45, 2.75) is 37.5 Å². The summed E-state index contributed by atoms with van der Waals surface area (Å²) >= 11 is 9.48. The van der Waals surface area contributed by atoms with Crippen LogP contribution in [-0.2, 0) is 6.42 Å². The topological polar surface area (TPSA) is 0 Å². The van der Waals surface area contributed by atoms with E-state index in [-0.39, 0.29) is 5.82 Å². The van der Waals surface area contributed by atoms with Gasteiger partial charge in [0, 0.05) is 5.38 Å². The van der Waals surface area contributed by atoms with Gasteiger partial charge in [-0.05, 0) is 52.7 Å². The molecule has 2 rings (SSSR count). The predicted molar refractivity (Wildman–Crippen MR) is 69.4 cm³/mol. The largest absolute Gasteiger partial charge is 0.206 e. The molecule has 1 saturated carbocycles. The molecule has 3 heteroatoms. The van der Waals surface area contributed by atoms with Gasteiger partial charge in [0.05, 0.1) is 4.47 Å². The smallest absolute Gasteiger partial charge is 0.137 e. The zero-order valence-corrected chi connectivity index (χ0v) is 11.4. The Hall–Kier alpha value is -0.0800. The van der Waals surface area contributed by atoms with E-state index in [2.05, 4.69) is 15.9 Å². The fourth-order valence-corrected chi connectivity index (χ4v) is 3.26. The van der Waals surface area contributed by atoms with Crippen LogP contribution in [0.4, 0.5) is 4.39 Å². The van der Waals surface area contributed by atoms with E-state index < -0.39 is 0 Å². The van der Waals surface area contributed by atoms with E-state index in [1.165, 1.54) is 18.9 Å². The Morgan fingerprint density at radius 3 is 2.94 bits per heavy atom. The maximum atomic E-state index is 13.3. The van der Waals surface area contributed by atoms with Gasteiger partial charge in [-0.3, -0.25) is 0 Å². The van der Waals surface area contributed by atoms with Gasteiger partial charge in [-0.2, -0.15) is 0 Å². The lowest BCUT2D eigenvalue weighted by Gasteiger charge is -2.25. The summed E-state index contributed by atoms with van der Waals surface area (Å²) in [6.45, 7) is 0. The Labute approximate surface area is 109 Å². The molecule has 0 nitrogen and oxygen atoms in total. The van der Waals surface area contributed by atoms with Crippen molar-refractivity contribution in [1.82, 2.24) is 0 Å². The molecule has 0 saturated heterocycles. The molecule has 2 unspecified atom stereocenters. The van der Waals surface area contributed by atoms with Gasteiger partial charge in [-0.25, -0.2) is 4.39 Å². The van der Waals surface area contributed by atoms with Crippen LogP contribution in [0, 0.1) is 11.7 Å². The lowest BCUT2D eigenvalue weighted by atomic mass is 9.84. The Balaban J connectivity index is 2.05. The van der Waals surface area contributed by atoms with Crippen molar-refractivity contribution in [2.75, 3.05) is 0 Å². The van der Waals surface area contributed by atoms with Crippen molar-refractivity contribution in [3.63, 3.8) is 0 Å². The van der Waals surface area contributed by atoms with Crippen molar-refractivity contribution in [3.05, 3.63) is 34.1 Å². The molecule has 2 atom stereocenters. The van der Waals surface area contributed by atoms with E-state index in [1.807, 2.05) is 6.07 Å². The Morgan fingerprint density at radius 2 is 2.19 bits per heavy atom. The highest BCUT2D eigenvalue weighted by atomic mass is 79.9. The van der Waals surface area contributed by atoms with Crippen LogP contribution in [0.5, 0.6) is 0 Å². The van der Waals surface area contributed by atoms with Gasteiger partial charge < -0.3 is 0 Å². The van der Waals surface area contributed by atoms with Gasteiger partial charge in [-0.15, -0.1) is 11.6 Å². The lowest BCUT2D eigenvalue weighted by molar-refractivity contribution is 0.360. The molecule has 1 fully saturated rings. The number of hydrogen-bond acceptors (Lipinski definition) is 0. The second-order valence-electron chi connectivity index (χ2n) is 4.55. The van der Waals surface area contributed by atoms with E-state index in [0.717, 1.165) is 24.8 Å². The quantitative estimate of drug-likeness (QED) is 0.680. The molecule has 0 bridgehead atoms. The number of hydrogen-bond donors (Lipinski definition) is 0. The van der Waals surface area contributed by atoms with Crippen molar-refractivity contribution in [2.24, 2.45) is 5.92 Å². The number of rotatable bonds is 2. The molecule has 0 amide bonds. The van der Waals surface area contributed by atoms with Crippen LogP contribution < -0.4 is 0 Å². The SMILES string of the molecule is Fc1cccc(CC2CCCC(Cl)C2)c1Br. The van der Waals surface area contributed by atoms with E-state index in [9.17, 15) is 4.39 Å². The van der Waals surface area contributed by atoms with Gasteiger partial charge in [0.1, 0.15) is 5.82 Å². The molecule has 0 heterocycles. The maximum absolute atomic E-state index is 13.3. The first-order chi connectivity index (χ1) is 7.66. The highest BCUT2D eigenvalue weighted by molar-refractivity contribution is 9.10. The summed E-state index contributed by atoms with van der Waals surface area (Å²) in [6.07, 6.45) is 5.53. The first kappa shape index (κ1) is 12.4. The standard InChI is InChI=1S/C13H15BrClF/c14-13-10(4-2-6-12(13)16)7-9-3-1-5-11(15)8-9/h2,4,6,9,11H,1,3,5,7-8H2. The highest BCUT2D eigenvalue weighted by Gasteiger charge is 2.21. The molecular weight excluding hydrogens is 290 g/mol. The van der Waals surface area contributed by atoms with Crippen LogP contribution in [0.25, 0.3) is 0 Å². The molecular formula is C13H15BrClF. The summed E-state index contributed by atoms with van der Waals surface area (Å²) in [4.78, 5) is 0. The van der Waals surface area contributed by atoms with Crippen molar-refractivity contribution < 1.29 is 4.39 Å². The lowest BCUT2D eigenvalue weighted by Crippen LogP contribution is -2.17. The van der Waals surface area contributed by atoms with Crippen molar-refractivity contribution >= 4 is 27.5 Å². The summed E-state index contributed by atoms with van der Waals surface area (Å²) in [5.41, 5.74) is 1.07. The zero-order chi connectivity index (χ0) is 11.5. The first-order valence-corrected chi connectivity index (χ1v) is 6.96. The summed E-state index contributed by atoms with van der Waals surface area (Å²) in [5.74, 6) is 0.435. The van der Waals surface area contributed by atoms with Crippen molar-refractivity contribution in [1.29, 1.82) is 0 Å². The summed E-state index contributed by atoms with van der Waals surface area (Å²) in [5, 5.41) is 0.311. The second-order valence-corrected chi connectivity index (χ2v) is 5.96. The normalized spacial score (nSPS) is 25.7. The molecule has 1 aliphatic carbocycles. The molecule has 0 aliphatic heterocycles. The van der Waals surface area contributed by atoms with E-state index in [4.69, 9.17) is 11.6 Å². The van der Waals surface area contributed by atoms with Crippen LogP contribution in [0.3, 0.4) is 0 Å². The average Bonchev–Trinajstić information content (AvgIpc) is 2.25. The van der Waals surface area contributed by atoms with Crippen LogP contribution in [0.15, 0.2) is 22.7 Å². The van der Waals surface area contributed by atoms with Crippen LogP contribution in [0.2, 0.25) is 0 Å². The van der Waals surface area contributed by atoms with E-state index >= 15 is 0 Å². The first-order valence-electron chi connectivity index (χ1n) is 5.73. The van der Waals surface area contributed by atoms with Crippen LogP contribution in [-0.4, -0.2) is 5.38 Å². The molecule has 1 aromatic carbocycles. The average molecular weight is 306 g/mol. The minimum atomic E-state index is -0.171. The van der Waals surface area contributed by atoms with E-state index in [0.29, 0.717) is 15.8 Å². The third-order valence-corrected chi connectivity index (χ3v) is 4.54. The fraction of sp³-hybridized carbons (Fsp3) is 0.538. The number of alkyl halides is 1. The molecule has 1 aliphatic rings. The molecule has 0 radical (unpaired) electrons. The van der Waals surface area contributed by atoms with E-state index in [1.54, 1.807) is 6.07 Å². The Bertz CT molecular complexity index is 367. The number of halogens is 3. The number of benzene rings is 1. The van der Waals surface area contributed by atoms with Gasteiger partial charge in [0.25, 0.3) is 0 Å². The van der Waals surface area contributed by atoms with Gasteiger partial charge in [0.2, 0.25) is 0 Å². The second kappa shape index (κ2) is 5.50. The molecule has 0 aromatic heterocycles. The molecule has 88 valence electrons. The third-order valence-electron chi connectivity index (χ3n) is 3.26. The van der Waals surface area contributed by atoms with Crippen LogP contribution in [0.1, 0.15) is 31.2 Å². The van der Waals surface area contributed by atoms with Gasteiger partial charge in [-0.1, -0.05) is 25.0 Å². The maximum Gasteiger partial charge on any atom is 0.137 e. The Kier molecular flexibility index (Phi) is 4.26. The van der Waals surface area contributed by atoms with Crippen molar-refractivity contribution in [3.8, 4) is 0 Å². The minimum absolute atomic E-state index is 0.171. The summed E-state index contributed by atoms with van der Waals surface area (Å²) < 4.78 is 14.0. The molecule has 0 spiro atoms. The van der Waals surface area contributed by atoms with Crippen LogP contribution >= 0.6 is 27.5 Å². The fourth-order valence-electron chi connectivity index (χ4n) is 2.43. The third kappa shape index (κ3) is 2.98. The Morgan fingerprint density at radius 1 is 1.38 bits per heavy atom. The van der Waals surface area contributed by atoms with Gasteiger partial charge in [0.15, 0.2) is 0 Å². The minimum Gasteiger partial charge on any atom is -0.206 e. The zero-order valence-electron chi connectivity index (χ0n) is 9.06. The summed E-state index contributed by atoms with van der Waals surface area (Å²) in [7, 11) is 0. The van der Waals surface area contributed by atoms with Gasteiger partial charge >= 0.3 is 0 Å². The molecule has 16 heavy (non-hydrogen) atoms. The molecule has 1 aromatic rings. The monoisotopic (exact) mass is 304 g/mol. The molecule has 0 N–H and O–H groups in total.